The topological polar surface area (TPSA) is 30.5 Å². The first-order valence-electron chi connectivity index (χ1n) is 7.92. The van der Waals surface area contributed by atoms with E-state index in [4.69, 9.17) is 9.47 Å². The van der Waals surface area contributed by atoms with Crippen LogP contribution in [0.1, 0.15) is 59.1 Å². The zero-order chi connectivity index (χ0) is 15.9. The molecule has 1 aromatic rings. The number of rotatable bonds is 8. The second-order valence-corrected chi connectivity index (χ2v) is 6.71. The van der Waals surface area contributed by atoms with Gasteiger partial charge in [0.2, 0.25) is 0 Å². The van der Waals surface area contributed by atoms with Crippen LogP contribution >= 0.6 is 0 Å². The Hall–Kier alpha value is -1.22. The van der Waals surface area contributed by atoms with E-state index in [0.29, 0.717) is 0 Å². The Bertz CT molecular complexity index is 424. The molecular weight excluding hydrogens is 262 g/mol. The summed E-state index contributed by atoms with van der Waals surface area (Å²) in [5.74, 6) is 1.81. The largest absolute Gasteiger partial charge is 0.496 e. The number of hydrogen-bond acceptors (Lipinski definition) is 3. The van der Waals surface area contributed by atoms with E-state index in [2.05, 4.69) is 39.9 Å². The predicted molar refractivity (Wildman–Crippen MR) is 89.3 cm³/mol. The van der Waals surface area contributed by atoms with Gasteiger partial charge in [0.15, 0.2) is 0 Å². The summed E-state index contributed by atoms with van der Waals surface area (Å²) in [5, 5.41) is 3.51. The van der Waals surface area contributed by atoms with E-state index in [-0.39, 0.29) is 11.5 Å². The minimum absolute atomic E-state index is 0.214. The van der Waals surface area contributed by atoms with Crippen molar-refractivity contribution in [2.75, 3.05) is 20.3 Å². The molecule has 1 rings (SSSR count). The van der Waals surface area contributed by atoms with Crippen molar-refractivity contribution in [3.05, 3.63) is 23.8 Å². The van der Waals surface area contributed by atoms with Crippen LogP contribution in [0.5, 0.6) is 11.5 Å². The van der Waals surface area contributed by atoms with E-state index in [9.17, 15) is 0 Å². The van der Waals surface area contributed by atoms with Gasteiger partial charge in [0.05, 0.1) is 19.3 Å². The SMILES string of the molecule is CCCNC(C)c1c(OC)cccc1OCCC(C)(C)C. The molecule has 3 heteroatoms. The maximum Gasteiger partial charge on any atom is 0.127 e. The summed E-state index contributed by atoms with van der Waals surface area (Å²) in [4.78, 5) is 0. The van der Waals surface area contributed by atoms with Crippen molar-refractivity contribution in [3.8, 4) is 11.5 Å². The highest BCUT2D eigenvalue weighted by molar-refractivity contribution is 5.46. The molecule has 0 bridgehead atoms. The van der Waals surface area contributed by atoms with Gasteiger partial charge in [0.25, 0.3) is 0 Å². The van der Waals surface area contributed by atoms with Crippen molar-refractivity contribution >= 4 is 0 Å². The van der Waals surface area contributed by atoms with Gasteiger partial charge in [0.1, 0.15) is 11.5 Å². The van der Waals surface area contributed by atoms with Crippen LogP contribution in [0.4, 0.5) is 0 Å². The fourth-order valence-corrected chi connectivity index (χ4v) is 2.18. The zero-order valence-corrected chi connectivity index (χ0v) is 14.5. The minimum Gasteiger partial charge on any atom is -0.496 e. The van der Waals surface area contributed by atoms with Gasteiger partial charge in [-0.25, -0.2) is 0 Å². The van der Waals surface area contributed by atoms with E-state index in [0.717, 1.165) is 43.1 Å². The lowest BCUT2D eigenvalue weighted by atomic mass is 9.93. The third kappa shape index (κ3) is 5.96. The summed E-state index contributed by atoms with van der Waals surface area (Å²) in [7, 11) is 1.71. The van der Waals surface area contributed by atoms with Crippen molar-refractivity contribution in [2.45, 2.75) is 53.5 Å². The summed E-state index contributed by atoms with van der Waals surface area (Å²) >= 11 is 0. The van der Waals surface area contributed by atoms with Crippen molar-refractivity contribution in [3.63, 3.8) is 0 Å². The summed E-state index contributed by atoms with van der Waals surface area (Å²) in [6.45, 7) is 12.7. The molecule has 1 aromatic carbocycles. The first-order valence-corrected chi connectivity index (χ1v) is 7.92. The number of nitrogens with one attached hydrogen (secondary N) is 1. The highest BCUT2D eigenvalue weighted by atomic mass is 16.5. The summed E-state index contributed by atoms with van der Waals surface area (Å²) in [6.07, 6.45) is 2.14. The molecule has 1 N–H and O–H groups in total. The molecule has 0 amide bonds. The Morgan fingerprint density at radius 1 is 1.19 bits per heavy atom. The lowest BCUT2D eigenvalue weighted by Gasteiger charge is -2.23. The van der Waals surface area contributed by atoms with Crippen molar-refractivity contribution in [2.24, 2.45) is 5.41 Å². The minimum atomic E-state index is 0.214. The lowest BCUT2D eigenvalue weighted by molar-refractivity contribution is 0.238. The number of hydrogen-bond donors (Lipinski definition) is 1. The summed E-state index contributed by atoms with van der Waals surface area (Å²) in [5.41, 5.74) is 1.40. The third-order valence-electron chi connectivity index (χ3n) is 3.49. The van der Waals surface area contributed by atoms with E-state index in [1.165, 1.54) is 0 Å². The highest BCUT2D eigenvalue weighted by Gasteiger charge is 2.17. The molecule has 21 heavy (non-hydrogen) atoms. The molecule has 1 unspecified atom stereocenters. The van der Waals surface area contributed by atoms with Crippen LogP contribution < -0.4 is 14.8 Å². The van der Waals surface area contributed by atoms with Crippen LogP contribution in [0.15, 0.2) is 18.2 Å². The molecule has 0 aliphatic heterocycles. The van der Waals surface area contributed by atoms with E-state index >= 15 is 0 Å². The smallest absolute Gasteiger partial charge is 0.127 e. The molecule has 0 saturated heterocycles. The fraction of sp³-hybridized carbons (Fsp3) is 0.667. The lowest BCUT2D eigenvalue weighted by Crippen LogP contribution is -2.21. The van der Waals surface area contributed by atoms with Gasteiger partial charge >= 0.3 is 0 Å². The molecule has 1 atom stereocenters. The Kier molecular flexibility index (Phi) is 7.03. The maximum atomic E-state index is 6.04. The second kappa shape index (κ2) is 8.28. The predicted octanol–water partition coefficient (Wildman–Crippen LogP) is 4.57. The average molecular weight is 293 g/mol. The van der Waals surface area contributed by atoms with E-state index < -0.39 is 0 Å². The Balaban J connectivity index is 2.86. The monoisotopic (exact) mass is 293 g/mol. The molecule has 0 aliphatic rings. The number of methoxy groups -OCH3 is 1. The van der Waals surface area contributed by atoms with Crippen molar-refractivity contribution in [1.29, 1.82) is 0 Å². The van der Waals surface area contributed by atoms with Crippen LogP contribution in [0.25, 0.3) is 0 Å². The first kappa shape index (κ1) is 17.8. The zero-order valence-electron chi connectivity index (χ0n) is 14.5. The molecule has 0 aromatic heterocycles. The van der Waals surface area contributed by atoms with Gasteiger partial charge in [-0.1, -0.05) is 33.8 Å². The molecule has 0 spiro atoms. The van der Waals surface area contributed by atoms with Gasteiger partial charge in [-0.2, -0.15) is 0 Å². The normalized spacial score (nSPS) is 13.0. The standard InChI is InChI=1S/C18H31NO2/c1-7-12-19-14(2)17-15(20-6)9-8-10-16(17)21-13-11-18(3,4)5/h8-10,14,19H,7,11-13H2,1-6H3. The molecule has 0 heterocycles. The third-order valence-corrected chi connectivity index (χ3v) is 3.49. The highest BCUT2D eigenvalue weighted by Crippen LogP contribution is 2.34. The van der Waals surface area contributed by atoms with Gasteiger partial charge in [-0.3, -0.25) is 0 Å². The fourth-order valence-electron chi connectivity index (χ4n) is 2.18. The summed E-state index contributed by atoms with van der Waals surface area (Å²) in [6, 6.07) is 6.23. The molecular formula is C18H31NO2. The van der Waals surface area contributed by atoms with Crippen molar-refractivity contribution < 1.29 is 9.47 Å². The van der Waals surface area contributed by atoms with Crippen LogP contribution in [0, 0.1) is 5.41 Å². The number of benzene rings is 1. The molecule has 0 fully saturated rings. The van der Waals surface area contributed by atoms with Crippen LogP contribution in [0.3, 0.4) is 0 Å². The summed E-state index contributed by atoms with van der Waals surface area (Å²) < 4.78 is 11.6. The Morgan fingerprint density at radius 3 is 2.43 bits per heavy atom. The molecule has 0 radical (unpaired) electrons. The average Bonchev–Trinajstić information content (AvgIpc) is 2.43. The molecule has 120 valence electrons. The Morgan fingerprint density at radius 2 is 1.86 bits per heavy atom. The van der Waals surface area contributed by atoms with Gasteiger partial charge in [-0.05, 0) is 43.9 Å². The van der Waals surface area contributed by atoms with Gasteiger partial charge in [-0.15, -0.1) is 0 Å². The second-order valence-electron chi connectivity index (χ2n) is 6.71. The quantitative estimate of drug-likeness (QED) is 0.761. The van der Waals surface area contributed by atoms with Gasteiger partial charge < -0.3 is 14.8 Å². The van der Waals surface area contributed by atoms with Gasteiger partial charge in [0, 0.05) is 6.04 Å². The molecule has 0 aliphatic carbocycles. The van der Waals surface area contributed by atoms with Crippen molar-refractivity contribution in [1.82, 2.24) is 5.32 Å². The molecule has 0 saturated carbocycles. The van der Waals surface area contributed by atoms with Crippen LogP contribution in [0.2, 0.25) is 0 Å². The first-order chi connectivity index (χ1) is 9.89. The van der Waals surface area contributed by atoms with E-state index in [1.54, 1.807) is 7.11 Å². The maximum absolute atomic E-state index is 6.04. The van der Waals surface area contributed by atoms with Crippen LogP contribution in [-0.2, 0) is 0 Å². The number of ether oxygens (including phenoxy) is 2. The molecule has 3 nitrogen and oxygen atoms in total. The van der Waals surface area contributed by atoms with Crippen LogP contribution in [-0.4, -0.2) is 20.3 Å². The van der Waals surface area contributed by atoms with E-state index in [1.807, 2.05) is 18.2 Å². The Labute approximate surface area is 130 Å².